The number of carbonyl (C=O) groups excluding carboxylic acids is 1. The summed E-state index contributed by atoms with van der Waals surface area (Å²) in [7, 11) is 1.84. The van der Waals surface area contributed by atoms with Crippen LogP contribution in [0.4, 0.5) is 5.82 Å². The summed E-state index contributed by atoms with van der Waals surface area (Å²) in [5.41, 5.74) is 1.60. The Morgan fingerprint density at radius 2 is 2.38 bits per heavy atom. The second kappa shape index (κ2) is 7.13. The third-order valence-electron chi connectivity index (χ3n) is 4.38. The Morgan fingerprint density at radius 3 is 3.04 bits per heavy atom. The highest BCUT2D eigenvalue weighted by atomic mass is 16.2. The zero-order valence-corrected chi connectivity index (χ0v) is 13.6. The number of likely N-dealkylation sites (tertiary alicyclic amines) is 1. The van der Waals surface area contributed by atoms with E-state index in [9.17, 15) is 4.79 Å². The molecule has 2 aromatic heterocycles. The van der Waals surface area contributed by atoms with Gasteiger partial charge in [0.2, 0.25) is 5.91 Å². The van der Waals surface area contributed by atoms with Gasteiger partial charge in [0.25, 0.3) is 0 Å². The number of aromatic nitrogens is 3. The van der Waals surface area contributed by atoms with Crippen LogP contribution >= 0.6 is 0 Å². The Hall–Kier alpha value is -2.88. The standard InChI is InChI=1S/C17H20N6O/c1-22(16-5-4-13(9-18)10-19-16)12-17(24)23-8-2-3-14(11-23)15-6-7-20-21-15/h4-7,10,14H,2-3,8,11-12H2,1H3,(H,20,21). The summed E-state index contributed by atoms with van der Waals surface area (Å²) in [5, 5.41) is 15.8. The van der Waals surface area contributed by atoms with Gasteiger partial charge in [-0.15, -0.1) is 0 Å². The van der Waals surface area contributed by atoms with E-state index in [2.05, 4.69) is 15.2 Å². The maximum atomic E-state index is 12.6. The molecule has 3 rings (SSSR count). The summed E-state index contributed by atoms with van der Waals surface area (Å²) < 4.78 is 0. The molecule has 1 N–H and O–H groups in total. The minimum atomic E-state index is 0.0906. The van der Waals surface area contributed by atoms with E-state index >= 15 is 0 Å². The number of likely N-dealkylation sites (N-methyl/N-ethyl adjacent to an activating group) is 1. The first kappa shape index (κ1) is 16.0. The molecule has 2 aromatic rings. The number of nitrogens with zero attached hydrogens (tertiary/aromatic N) is 5. The summed E-state index contributed by atoms with van der Waals surface area (Å²) in [6.45, 7) is 1.78. The molecular weight excluding hydrogens is 304 g/mol. The second-order valence-electron chi connectivity index (χ2n) is 6.06. The maximum Gasteiger partial charge on any atom is 0.242 e. The largest absolute Gasteiger partial charge is 0.350 e. The van der Waals surface area contributed by atoms with Crippen LogP contribution in [0.2, 0.25) is 0 Å². The van der Waals surface area contributed by atoms with Gasteiger partial charge in [-0.3, -0.25) is 9.89 Å². The van der Waals surface area contributed by atoms with Crippen LogP contribution in [-0.2, 0) is 4.79 Å². The summed E-state index contributed by atoms with van der Waals surface area (Å²) in [4.78, 5) is 20.5. The van der Waals surface area contributed by atoms with Crippen LogP contribution in [-0.4, -0.2) is 52.7 Å². The van der Waals surface area contributed by atoms with Crippen LogP contribution in [0.3, 0.4) is 0 Å². The van der Waals surface area contributed by atoms with E-state index in [1.165, 1.54) is 6.20 Å². The first-order valence-corrected chi connectivity index (χ1v) is 8.01. The van der Waals surface area contributed by atoms with E-state index in [1.54, 1.807) is 18.3 Å². The monoisotopic (exact) mass is 324 g/mol. The topological polar surface area (TPSA) is 88.9 Å². The highest BCUT2D eigenvalue weighted by molar-refractivity contribution is 5.81. The van der Waals surface area contributed by atoms with Crippen LogP contribution in [0.1, 0.15) is 30.0 Å². The van der Waals surface area contributed by atoms with Crippen molar-refractivity contribution in [2.24, 2.45) is 0 Å². The molecule has 1 amide bonds. The van der Waals surface area contributed by atoms with Gasteiger partial charge in [-0.25, -0.2) is 4.98 Å². The number of piperidine rings is 1. The van der Waals surface area contributed by atoms with Crippen molar-refractivity contribution in [1.29, 1.82) is 5.26 Å². The number of hydrogen-bond donors (Lipinski definition) is 1. The number of hydrogen-bond acceptors (Lipinski definition) is 5. The van der Waals surface area contributed by atoms with Crippen molar-refractivity contribution in [2.75, 3.05) is 31.6 Å². The molecule has 24 heavy (non-hydrogen) atoms. The normalized spacial score (nSPS) is 17.3. The lowest BCUT2D eigenvalue weighted by molar-refractivity contribution is -0.130. The Kier molecular flexibility index (Phi) is 4.75. The van der Waals surface area contributed by atoms with Crippen molar-refractivity contribution in [3.05, 3.63) is 41.9 Å². The third kappa shape index (κ3) is 3.54. The molecule has 1 saturated heterocycles. The third-order valence-corrected chi connectivity index (χ3v) is 4.38. The van der Waals surface area contributed by atoms with Crippen LogP contribution in [0.25, 0.3) is 0 Å². The summed E-state index contributed by atoms with van der Waals surface area (Å²) >= 11 is 0. The summed E-state index contributed by atoms with van der Waals surface area (Å²) in [6.07, 6.45) is 5.33. The number of carbonyl (C=O) groups is 1. The number of nitrogens with one attached hydrogen (secondary N) is 1. The number of amides is 1. The maximum absolute atomic E-state index is 12.6. The van der Waals surface area contributed by atoms with Crippen LogP contribution in [0.5, 0.6) is 0 Å². The van der Waals surface area contributed by atoms with E-state index in [0.29, 0.717) is 17.3 Å². The van der Waals surface area contributed by atoms with Crippen molar-refractivity contribution in [1.82, 2.24) is 20.1 Å². The molecule has 124 valence electrons. The smallest absolute Gasteiger partial charge is 0.242 e. The average molecular weight is 324 g/mol. The lowest BCUT2D eigenvalue weighted by Gasteiger charge is -2.33. The zero-order valence-electron chi connectivity index (χ0n) is 13.6. The number of anilines is 1. The lowest BCUT2D eigenvalue weighted by atomic mass is 9.95. The molecule has 0 aromatic carbocycles. The lowest BCUT2D eigenvalue weighted by Crippen LogP contribution is -2.44. The van der Waals surface area contributed by atoms with Crippen molar-refractivity contribution >= 4 is 11.7 Å². The van der Waals surface area contributed by atoms with E-state index in [0.717, 1.165) is 31.6 Å². The molecule has 0 saturated carbocycles. The fourth-order valence-corrected chi connectivity index (χ4v) is 3.01. The summed E-state index contributed by atoms with van der Waals surface area (Å²) in [6, 6.07) is 7.48. The minimum Gasteiger partial charge on any atom is -0.350 e. The average Bonchev–Trinajstić information content (AvgIpc) is 3.16. The van der Waals surface area contributed by atoms with Gasteiger partial charge in [-0.05, 0) is 31.0 Å². The molecule has 1 atom stereocenters. The van der Waals surface area contributed by atoms with E-state index in [1.807, 2.05) is 29.0 Å². The van der Waals surface area contributed by atoms with Crippen LogP contribution in [0, 0.1) is 11.3 Å². The highest BCUT2D eigenvalue weighted by Gasteiger charge is 2.26. The quantitative estimate of drug-likeness (QED) is 0.921. The highest BCUT2D eigenvalue weighted by Crippen LogP contribution is 2.25. The molecule has 7 heteroatoms. The zero-order chi connectivity index (χ0) is 16.9. The first-order chi connectivity index (χ1) is 11.7. The van der Waals surface area contributed by atoms with Gasteiger partial charge in [0.15, 0.2) is 0 Å². The number of rotatable bonds is 4. The molecule has 7 nitrogen and oxygen atoms in total. The molecule has 1 aliphatic rings. The Labute approximate surface area is 140 Å². The van der Waals surface area contributed by atoms with Crippen LogP contribution < -0.4 is 4.90 Å². The SMILES string of the molecule is CN(CC(=O)N1CCCC(c2ccn[nH]2)C1)c1ccc(C#N)cn1. The van der Waals surface area contributed by atoms with Crippen molar-refractivity contribution < 1.29 is 4.79 Å². The molecular formula is C17H20N6O. The molecule has 1 aliphatic heterocycles. The Bertz CT molecular complexity index is 719. The summed E-state index contributed by atoms with van der Waals surface area (Å²) in [5.74, 6) is 1.10. The van der Waals surface area contributed by atoms with Gasteiger partial charge in [0.05, 0.1) is 12.1 Å². The van der Waals surface area contributed by atoms with Crippen molar-refractivity contribution in [3.8, 4) is 6.07 Å². The predicted molar refractivity (Wildman–Crippen MR) is 89.4 cm³/mol. The number of aromatic amines is 1. The van der Waals surface area contributed by atoms with E-state index < -0.39 is 0 Å². The molecule has 0 spiro atoms. The van der Waals surface area contributed by atoms with Gasteiger partial charge in [-0.2, -0.15) is 10.4 Å². The van der Waals surface area contributed by atoms with Gasteiger partial charge < -0.3 is 9.80 Å². The Morgan fingerprint density at radius 1 is 1.50 bits per heavy atom. The number of nitriles is 1. The fourth-order valence-electron chi connectivity index (χ4n) is 3.01. The number of pyridine rings is 1. The number of H-pyrrole nitrogens is 1. The van der Waals surface area contributed by atoms with Crippen molar-refractivity contribution in [3.63, 3.8) is 0 Å². The first-order valence-electron chi connectivity index (χ1n) is 8.01. The molecule has 1 unspecified atom stereocenters. The van der Waals surface area contributed by atoms with E-state index in [4.69, 9.17) is 5.26 Å². The van der Waals surface area contributed by atoms with Crippen molar-refractivity contribution in [2.45, 2.75) is 18.8 Å². The van der Waals surface area contributed by atoms with Gasteiger partial charge >= 0.3 is 0 Å². The van der Waals surface area contributed by atoms with Gasteiger partial charge in [0, 0.05) is 44.1 Å². The fraction of sp³-hybridized carbons (Fsp3) is 0.412. The molecule has 0 bridgehead atoms. The molecule has 0 aliphatic carbocycles. The van der Waals surface area contributed by atoms with Gasteiger partial charge in [-0.1, -0.05) is 0 Å². The Balaban J connectivity index is 1.60. The minimum absolute atomic E-state index is 0.0906. The predicted octanol–water partition coefficient (Wildman–Crippen LogP) is 1.52. The molecule has 1 fully saturated rings. The molecule has 3 heterocycles. The van der Waals surface area contributed by atoms with E-state index in [-0.39, 0.29) is 12.5 Å². The molecule has 0 radical (unpaired) electrons. The van der Waals surface area contributed by atoms with Gasteiger partial charge in [0.1, 0.15) is 11.9 Å². The second-order valence-corrected chi connectivity index (χ2v) is 6.06. The van der Waals surface area contributed by atoms with Crippen LogP contribution in [0.15, 0.2) is 30.6 Å².